The molecule has 3 aromatic carbocycles. The van der Waals surface area contributed by atoms with E-state index in [0.717, 1.165) is 33.4 Å². The average molecular weight is 445 g/mol. The van der Waals surface area contributed by atoms with Crippen LogP contribution < -0.4 is 9.64 Å². The Balaban J connectivity index is 1.47. The molecule has 0 fully saturated rings. The van der Waals surface area contributed by atoms with Crippen LogP contribution in [0.25, 0.3) is 16.6 Å². The lowest BCUT2D eigenvalue weighted by Gasteiger charge is -2.25. The summed E-state index contributed by atoms with van der Waals surface area (Å²) in [5.41, 5.74) is 4.61. The van der Waals surface area contributed by atoms with Crippen molar-refractivity contribution in [2.75, 3.05) is 18.6 Å². The highest BCUT2D eigenvalue weighted by atomic mass is 19.1. The van der Waals surface area contributed by atoms with Crippen molar-refractivity contribution in [1.82, 2.24) is 9.78 Å². The second-order valence-corrected chi connectivity index (χ2v) is 8.29. The van der Waals surface area contributed by atoms with Crippen molar-refractivity contribution in [1.29, 1.82) is 0 Å². The summed E-state index contributed by atoms with van der Waals surface area (Å²) in [4.78, 5) is 14.5. The highest BCUT2D eigenvalue weighted by Gasteiger charge is 2.40. The quantitative estimate of drug-likeness (QED) is 0.435. The van der Waals surface area contributed by atoms with Gasteiger partial charge in [-0.05, 0) is 62.4 Å². The summed E-state index contributed by atoms with van der Waals surface area (Å²) in [5, 5.41) is 5.36. The number of ether oxygens (including phenoxy) is 2. The molecule has 7 heteroatoms. The minimum absolute atomic E-state index is 0.0128. The Kier molecular flexibility index (Phi) is 5.34. The summed E-state index contributed by atoms with van der Waals surface area (Å²) in [6.45, 7) is 4.02. The maximum Gasteiger partial charge on any atom is 0.253 e. The first-order chi connectivity index (χ1) is 16.0. The Morgan fingerprint density at radius 2 is 1.88 bits per heavy atom. The highest BCUT2D eigenvalue weighted by molar-refractivity contribution is 5.97. The topological polar surface area (TPSA) is 56.6 Å². The van der Waals surface area contributed by atoms with Gasteiger partial charge in [0.1, 0.15) is 24.3 Å². The molecular weight excluding hydrogens is 421 g/mol. The molecule has 1 aliphatic heterocycles. The number of anilines is 1. The summed E-state index contributed by atoms with van der Waals surface area (Å²) >= 11 is 0. The minimum atomic E-state index is -0.315. The van der Waals surface area contributed by atoms with Crippen molar-refractivity contribution in [3.05, 3.63) is 83.8 Å². The summed E-state index contributed by atoms with van der Waals surface area (Å²) in [5.74, 6) is 0.300. The average Bonchev–Trinajstić information content (AvgIpc) is 3.33. The lowest BCUT2D eigenvalue weighted by atomic mass is 10.0. The van der Waals surface area contributed by atoms with E-state index in [2.05, 4.69) is 11.2 Å². The minimum Gasteiger partial charge on any atom is -0.483 e. The van der Waals surface area contributed by atoms with Gasteiger partial charge in [0.2, 0.25) is 0 Å². The molecule has 1 aliphatic rings. The highest BCUT2D eigenvalue weighted by Crippen LogP contribution is 2.43. The number of amides is 1. The molecular formula is C26H24FN3O3. The van der Waals surface area contributed by atoms with Gasteiger partial charge < -0.3 is 14.4 Å². The third-order valence-corrected chi connectivity index (χ3v) is 6.00. The molecule has 0 unspecified atom stereocenters. The second kappa shape index (κ2) is 8.33. The van der Waals surface area contributed by atoms with E-state index >= 15 is 0 Å². The predicted molar refractivity (Wildman–Crippen MR) is 124 cm³/mol. The number of carbonyl (C=O) groups is 1. The second-order valence-electron chi connectivity index (χ2n) is 8.29. The molecule has 6 nitrogen and oxygen atoms in total. The molecule has 0 bridgehead atoms. The molecule has 0 radical (unpaired) electrons. The molecule has 0 aliphatic carbocycles. The van der Waals surface area contributed by atoms with Gasteiger partial charge in [0.05, 0.1) is 29.1 Å². The fourth-order valence-corrected chi connectivity index (χ4v) is 4.47. The van der Waals surface area contributed by atoms with E-state index in [9.17, 15) is 9.18 Å². The van der Waals surface area contributed by atoms with Gasteiger partial charge >= 0.3 is 0 Å². The van der Waals surface area contributed by atoms with Crippen molar-refractivity contribution in [3.63, 3.8) is 0 Å². The zero-order chi connectivity index (χ0) is 23.1. The van der Waals surface area contributed by atoms with Crippen molar-refractivity contribution in [2.24, 2.45) is 0 Å². The van der Waals surface area contributed by atoms with Gasteiger partial charge in [-0.25, -0.2) is 9.07 Å². The van der Waals surface area contributed by atoms with Crippen LogP contribution >= 0.6 is 0 Å². The lowest BCUT2D eigenvalue weighted by Crippen LogP contribution is -2.40. The molecule has 2 heterocycles. The van der Waals surface area contributed by atoms with Crippen LogP contribution in [-0.2, 0) is 9.53 Å². The normalized spacial score (nSPS) is 17.4. The molecule has 33 heavy (non-hydrogen) atoms. The first kappa shape index (κ1) is 21.2. The number of aromatic nitrogens is 2. The fourth-order valence-electron chi connectivity index (χ4n) is 4.47. The maximum absolute atomic E-state index is 13.3. The van der Waals surface area contributed by atoms with Crippen molar-refractivity contribution in [3.8, 4) is 11.4 Å². The van der Waals surface area contributed by atoms with Crippen LogP contribution in [0.5, 0.6) is 5.75 Å². The van der Waals surface area contributed by atoms with Gasteiger partial charge in [0, 0.05) is 18.1 Å². The summed E-state index contributed by atoms with van der Waals surface area (Å²) in [7, 11) is 1.52. The molecule has 168 valence electrons. The number of aryl methyl sites for hydroxylation is 1. The van der Waals surface area contributed by atoms with Gasteiger partial charge in [-0.2, -0.15) is 5.10 Å². The number of hydrogen-bond donors (Lipinski definition) is 0. The fraction of sp³-hybridized carbons (Fsp3) is 0.231. The van der Waals surface area contributed by atoms with Gasteiger partial charge in [0.15, 0.2) is 0 Å². The number of hydrogen-bond acceptors (Lipinski definition) is 4. The monoisotopic (exact) mass is 445 g/mol. The number of carbonyl (C=O) groups excluding carboxylic acids is 1. The Morgan fingerprint density at radius 3 is 2.64 bits per heavy atom. The molecule has 4 aromatic rings. The van der Waals surface area contributed by atoms with Gasteiger partial charge in [0.25, 0.3) is 5.91 Å². The number of fused-ring (bicyclic) bond motifs is 2. The Morgan fingerprint density at radius 1 is 1.09 bits per heavy atom. The zero-order valence-electron chi connectivity index (χ0n) is 18.7. The van der Waals surface area contributed by atoms with Crippen molar-refractivity contribution < 1.29 is 18.7 Å². The molecule has 0 N–H and O–H groups in total. The molecule has 0 spiro atoms. The van der Waals surface area contributed by atoms with Gasteiger partial charge in [-0.1, -0.05) is 17.7 Å². The molecule has 1 amide bonds. The smallest absolute Gasteiger partial charge is 0.253 e. The van der Waals surface area contributed by atoms with E-state index in [0.29, 0.717) is 5.75 Å². The molecule has 0 saturated heterocycles. The van der Waals surface area contributed by atoms with Crippen LogP contribution in [0.2, 0.25) is 0 Å². The number of methoxy groups -OCH3 is 1. The Labute approximate surface area is 191 Å². The predicted octanol–water partition coefficient (Wildman–Crippen LogP) is 4.97. The largest absolute Gasteiger partial charge is 0.483 e. The van der Waals surface area contributed by atoms with Crippen molar-refractivity contribution in [2.45, 2.75) is 26.0 Å². The Bertz CT molecular complexity index is 1330. The summed E-state index contributed by atoms with van der Waals surface area (Å²) in [6, 6.07) is 17.8. The standard InChI is InChI=1S/C26H24FN3O3/c1-16-4-10-24-22(12-16)26(17(2)29(24)25(31)15-32-3)33-21-9-11-23-18(13-21)14-28-30(23)20-7-5-19(27)6-8-20/h4-14,17,26H,15H2,1-3H3/t17-,26-/m0/s1. The van der Waals surface area contributed by atoms with Gasteiger partial charge in [-0.3, -0.25) is 4.79 Å². The summed E-state index contributed by atoms with van der Waals surface area (Å²) < 4.78 is 26.6. The maximum atomic E-state index is 13.3. The third kappa shape index (κ3) is 3.74. The molecule has 1 aromatic heterocycles. The number of halogens is 1. The first-order valence-corrected chi connectivity index (χ1v) is 10.8. The van der Waals surface area contributed by atoms with E-state index in [1.807, 2.05) is 44.2 Å². The van der Waals surface area contributed by atoms with E-state index in [1.165, 1.54) is 19.2 Å². The third-order valence-electron chi connectivity index (χ3n) is 6.00. The van der Waals surface area contributed by atoms with E-state index in [1.54, 1.807) is 27.9 Å². The van der Waals surface area contributed by atoms with Gasteiger partial charge in [-0.15, -0.1) is 0 Å². The number of rotatable bonds is 5. The molecule has 5 rings (SSSR count). The van der Waals surface area contributed by atoms with Crippen LogP contribution in [0, 0.1) is 12.7 Å². The number of nitrogens with zero attached hydrogens (tertiary/aromatic N) is 3. The van der Waals surface area contributed by atoms with E-state index in [-0.39, 0.29) is 30.5 Å². The van der Waals surface area contributed by atoms with E-state index < -0.39 is 0 Å². The van der Waals surface area contributed by atoms with Crippen LogP contribution in [-0.4, -0.2) is 35.4 Å². The van der Waals surface area contributed by atoms with E-state index in [4.69, 9.17) is 9.47 Å². The number of benzene rings is 3. The zero-order valence-corrected chi connectivity index (χ0v) is 18.7. The Hall–Kier alpha value is -3.71. The van der Waals surface area contributed by atoms with Crippen LogP contribution in [0.3, 0.4) is 0 Å². The SMILES string of the molecule is COCC(=O)N1c2ccc(C)cc2[C@@H](Oc2ccc3c(cnn3-c3ccc(F)cc3)c2)[C@@H]1C. The van der Waals surface area contributed by atoms with Crippen LogP contribution in [0.1, 0.15) is 24.2 Å². The van der Waals surface area contributed by atoms with Crippen molar-refractivity contribution >= 4 is 22.5 Å². The summed E-state index contributed by atoms with van der Waals surface area (Å²) in [6.07, 6.45) is 1.45. The first-order valence-electron chi connectivity index (χ1n) is 10.8. The van der Waals surface area contributed by atoms with Crippen LogP contribution in [0.4, 0.5) is 10.1 Å². The molecule has 2 atom stereocenters. The lowest BCUT2D eigenvalue weighted by molar-refractivity contribution is -0.122. The molecule has 0 saturated carbocycles. The van der Waals surface area contributed by atoms with Crippen LogP contribution in [0.15, 0.2) is 66.9 Å².